The van der Waals surface area contributed by atoms with Gasteiger partial charge >= 0.3 is 5.97 Å². The van der Waals surface area contributed by atoms with Crippen molar-refractivity contribution in [3.8, 4) is 11.4 Å². The molecule has 29 heavy (non-hydrogen) atoms. The van der Waals surface area contributed by atoms with E-state index in [2.05, 4.69) is 10.1 Å². The summed E-state index contributed by atoms with van der Waals surface area (Å²) < 4.78 is 1.38. The maximum atomic E-state index is 13.0. The van der Waals surface area contributed by atoms with Gasteiger partial charge in [0, 0.05) is 11.1 Å². The molecule has 0 bridgehead atoms. The quantitative estimate of drug-likeness (QED) is 0.550. The van der Waals surface area contributed by atoms with Crippen LogP contribution in [-0.4, -0.2) is 38.1 Å². The van der Waals surface area contributed by atoms with Crippen LogP contribution in [0.1, 0.15) is 5.56 Å². The van der Waals surface area contributed by atoms with Crippen LogP contribution in [0.15, 0.2) is 59.4 Å². The molecule has 0 radical (unpaired) electrons. The number of para-hydroxylation sites is 1. The minimum atomic E-state index is -1.13. The van der Waals surface area contributed by atoms with Crippen molar-refractivity contribution in [1.82, 2.24) is 14.6 Å². The highest BCUT2D eigenvalue weighted by atomic mass is 32.1. The van der Waals surface area contributed by atoms with Crippen molar-refractivity contribution >= 4 is 39.4 Å². The van der Waals surface area contributed by atoms with Gasteiger partial charge in [-0.25, -0.2) is 0 Å². The summed E-state index contributed by atoms with van der Waals surface area (Å²) in [6, 6.07) is 16.1. The summed E-state index contributed by atoms with van der Waals surface area (Å²) in [7, 11) is 0. The Kier molecular flexibility index (Phi) is 3.78. The number of thiazole rings is 1. The first-order valence-corrected chi connectivity index (χ1v) is 9.48. The van der Waals surface area contributed by atoms with E-state index in [9.17, 15) is 14.4 Å². The number of nitrogens with zero attached hydrogens (tertiary/aromatic N) is 4. The van der Waals surface area contributed by atoms with E-state index in [0.29, 0.717) is 22.0 Å². The number of benzene rings is 2. The van der Waals surface area contributed by atoms with Crippen LogP contribution in [0.25, 0.3) is 21.9 Å². The summed E-state index contributed by atoms with van der Waals surface area (Å²) in [6.07, 6.45) is 0. The smallest absolute Gasteiger partial charge is 0.323 e. The van der Waals surface area contributed by atoms with Crippen molar-refractivity contribution in [2.24, 2.45) is 0 Å². The van der Waals surface area contributed by atoms with Gasteiger partial charge in [0.15, 0.2) is 5.82 Å². The standard InChI is InChI=1S/C20H12N4O4S/c25-14(26)10-23-13-9-5-4-8-12(13)15(18(23)27)16-19(28)24-20(29-16)21-17(22-24)11-6-2-1-3-7-11/h1-9H,10H2,(H,25,26)/b16-15-. The molecule has 2 aromatic carbocycles. The number of amides is 1. The van der Waals surface area contributed by atoms with Gasteiger partial charge in [-0.1, -0.05) is 59.9 Å². The summed E-state index contributed by atoms with van der Waals surface area (Å²) in [5.74, 6) is -1.22. The van der Waals surface area contributed by atoms with Gasteiger partial charge in [-0.05, 0) is 6.07 Å². The Morgan fingerprint density at radius 2 is 1.76 bits per heavy atom. The summed E-state index contributed by atoms with van der Waals surface area (Å²) >= 11 is 1.07. The van der Waals surface area contributed by atoms with Gasteiger partial charge in [0.2, 0.25) is 4.96 Å². The molecule has 1 aliphatic rings. The van der Waals surface area contributed by atoms with Gasteiger partial charge in [0.1, 0.15) is 11.1 Å². The van der Waals surface area contributed by atoms with E-state index in [1.54, 1.807) is 24.3 Å². The zero-order chi connectivity index (χ0) is 20.1. The lowest BCUT2D eigenvalue weighted by atomic mass is 10.1. The van der Waals surface area contributed by atoms with E-state index in [1.807, 2.05) is 30.3 Å². The van der Waals surface area contributed by atoms with Gasteiger partial charge < -0.3 is 5.11 Å². The first kappa shape index (κ1) is 17.3. The lowest BCUT2D eigenvalue weighted by molar-refractivity contribution is -0.136. The molecular weight excluding hydrogens is 392 g/mol. The molecule has 0 fully saturated rings. The van der Waals surface area contributed by atoms with Gasteiger partial charge in [0.05, 0.1) is 11.3 Å². The summed E-state index contributed by atoms with van der Waals surface area (Å²) in [6.45, 7) is -0.480. The average molecular weight is 404 g/mol. The summed E-state index contributed by atoms with van der Waals surface area (Å²) in [5, 5.41) is 13.5. The number of rotatable bonds is 3. The molecule has 0 aliphatic carbocycles. The fourth-order valence-electron chi connectivity index (χ4n) is 3.39. The number of anilines is 1. The molecular formula is C20H12N4O4S. The Morgan fingerprint density at radius 1 is 1.03 bits per heavy atom. The number of carboxylic acid groups (broad SMARTS) is 1. The molecule has 1 amide bonds. The normalized spacial score (nSPS) is 15.2. The zero-order valence-corrected chi connectivity index (χ0v) is 15.6. The molecule has 2 aromatic heterocycles. The minimum Gasteiger partial charge on any atom is -0.480 e. The number of aliphatic carboxylic acids is 1. The molecule has 0 unspecified atom stereocenters. The van der Waals surface area contributed by atoms with Gasteiger partial charge in [-0.2, -0.15) is 9.50 Å². The van der Waals surface area contributed by atoms with Gasteiger partial charge in [-0.3, -0.25) is 19.3 Å². The maximum absolute atomic E-state index is 13.0. The minimum absolute atomic E-state index is 0.186. The highest BCUT2D eigenvalue weighted by molar-refractivity contribution is 7.15. The second-order valence-corrected chi connectivity index (χ2v) is 7.39. The van der Waals surface area contributed by atoms with E-state index in [-0.39, 0.29) is 10.1 Å². The molecule has 9 heteroatoms. The molecule has 1 N–H and O–H groups in total. The molecule has 0 saturated carbocycles. The number of hydrogen-bond acceptors (Lipinski definition) is 6. The second kappa shape index (κ2) is 6.35. The molecule has 5 rings (SSSR count). The Balaban J connectivity index is 1.73. The Hall–Kier alpha value is -3.85. The third-order valence-corrected chi connectivity index (χ3v) is 5.66. The lowest BCUT2D eigenvalue weighted by Crippen LogP contribution is -2.35. The highest BCUT2D eigenvalue weighted by Gasteiger charge is 2.35. The Morgan fingerprint density at radius 3 is 2.48 bits per heavy atom. The van der Waals surface area contributed by atoms with Crippen LogP contribution < -0.4 is 15.0 Å². The Bertz CT molecular complexity index is 1410. The van der Waals surface area contributed by atoms with Crippen LogP contribution in [-0.2, 0) is 9.59 Å². The average Bonchev–Trinajstić information content (AvgIpc) is 3.35. The molecule has 0 atom stereocenters. The van der Waals surface area contributed by atoms with Crippen LogP contribution in [0.2, 0.25) is 0 Å². The number of fused-ring (bicyclic) bond motifs is 2. The van der Waals surface area contributed by atoms with Crippen molar-refractivity contribution in [2.45, 2.75) is 0 Å². The van der Waals surface area contributed by atoms with Gasteiger partial charge in [0.25, 0.3) is 11.5 Å². The van der Waals surface area contributed by atoms with E-state index >= 15 is 0 Å². The molecule has 0 spiro atoms. The van der Waals surface area contributed by atoms with Crippen LogP contribution >= 0.6 is 11.3 Å². The third-order valence-electron chi connectivity index (χ3n) is 4.63. The third kappa shape index (κ3) is 2.63. The van der Waals surface area contributed by atoms with E-state index in [1.165, 1.54) is 4.52 Å². The largest absolute Gasteiger partial charge is 0.480 e. The number of carboxylic acids is 1. The van der Waals surface area contributed by atoms with Crippen molar-refractivity contribution in [3.63, 3.8) is 0 Å². The van der Waals surface area contributed by atoms with Crippen LogP contribution in [0.3, 0.4) is 0 Å². The van der Waals surface area contributed by atoms with E-state index < -0.39 is 24.0 Å². The molecule has 3 heterocycles. The fraction of sp³-hybridized carbons (Fsp3) is 0.0500. The van der Waals surface area contributed by atoms with Crippen molar-refractivity contribution < 1.29 is 14.7 Å². The van der Waals surface area contributed by atoms with Crippen LogP contribution in [0.5, 0.6) is 0 Å². The van der Waals surface area contributed by atoms with E-state index in [4.69, 9.17) is 5.11 Å². The van der Waals surface area contributed by atoms with Gasteiger partial charge in [-0.15, -0.1) is 5.10 Å². The van der Waals surface area contributed by atoms with Crippen molar-refractivity contribution in [3.05, 3.63) is 75.0 Å². The second-order valence-electron chi connectivity index (χ2n) is 6.41. The Labute approximate surface area is 167 Å². The van der Waals surface area contributed by atoms with E-state index in [0.717, 1.165) is 21.8 Å². The molecule has 142 valence electrons. The van der Waals surface area contributed by atoms with Crippen molar-refractivity contribution in [2.75, 3.05) is 11.4 Å². The fourth-order valence-corrected chi connectivity index (χ4v) is 4.38. The number of carbonyl (C=O) groups excluding carboxylic acids is 1. The monoisotopic (exact) mass is 404 g/mol. The first-order valence-electron chi connectivity index (χ1n) is 8.67. The van der Waals surface area contributed by atoms with Crippen molar-refractivity contribution in [1.29, 1.82) is 0 Å². The molecule has 8 nitrogen and oxygen atoms in total. The summed E-state index contributed by atoms with van der Waals surface area (Å²) in [5.41, 5.74) is 1.52. The zero-order valence-electron chi connectivity index (χ0n) is 14.8. The maximum Gasteiger partial charge on any atom is 0.323 e. The highest BCUT2D eigenvalue weighted by Crippen LogP contribution is 2.34. The number of aromatic nitrogens is 3. The SMILES string of the molecule is O=C(O)CN1C(=O)/C(=c2\sc3nc(-c4ccccc4)nn3c2=O)c2ccccc21. The molecule has 1 aliphatic heterocycles. The molecule has 0 saturated heterocycles. The first-order chi connectivity index (χ1) is 14.0. The predicted molar refractivity (Wildman–Crippen MR) is 107 cm³/mol. The number of hydrogen-bond donors (Lipinski definition) is 1. The van der Waals surface area contributed by atoms with Crippen LogP contribution in [0, 0.1) is 0 Å². The summed E-state index contributed by atoms with van der Waals surface area (Å²) in [4.78, 5) is 43.2. The predicted octanol–water partition coefficient (Wildman–Crippen LogP) is 1.17. The number of carbonyl (C=O) groups is 2. The van der Waals surface area contributed by atoms with Crippen LogP contribution in [0.4, 0.5) is 5.69 Å². The molecule has 4 aromatic rings. The topological polar surface area (TPSA) is 105 Å². The lowest BCUT2D eigenvalue weighted by Gasteiger charge is -2.13.